The van der Waals surface area contributed by atoms with Crippen LogP contribution in [0, 0.1) is 0 Å². The highest BCUT2D eigenvalue weighted by Gasteiger charge is 1.95. The van der Waals surface area contributed by atoms with E-state index in [2.05, 4.69) is 41.7 Å². The summed E-state index contributed by atoms with van der Waals surface area (Å²) in [6.45, 7) is 20.5. The van der Waals surface area contributed by atoms with Crippen molar-refractivity contribution in [3.05, 3.63) is 61.0 Å². The molecule has 0 saturated heterocycles. The van der Waals surface area contributed by atoms with Crippen molar-refractivity contribution in [1.82, 2.24) is 10.3 Å². The summed E-state index contributed by atoms with van der Waals surface area (Å²) in [5.41, 5.74) is 3.16. The van der Waals surface area contributed by atoms with Crippen LogP contribution < -0.4 is 5.32 Å². The van der Waals surface area contributed by atoms with Gasteiger partial charge in [0.15, 0.2) is 0 Å². The largest absolute Gasteiger partial charge is 0.314 e. The second kappa shape index (κ2) is 20.3. The van der Waals surface area contributed by atoms with Crippen LogP contribution in [0.1, 0.15) is 32.0 Å². The van der Waals surface area contributed by atoms with E-state index in [-0.39, 0.29) is 0 Å². The Bertz CT molecular complexity index is 395. The van der Waals surface area contributed by atoms with Gasteiger partial charge in [0.25, 0.3) is 0 Å². The number of aliphatic imine (C=N–C) groups is 1. The summed E-state index contributed by atoms with van der Waals surface area (Å²) >= 11 is 0. The molecule has 1 N–H and O–H groups in total. The standard InChI is InChI=1S/C9H12N2.C5H8.C2H5N.C2H6/c1-3-8-5-4-6-11-9(8)7-10-2;1-4-5(2)3;1-3-2;1-2/h3-6,10H,1,7H2,2H3;4H,1-2H2,3H3;1H2,2H3;1-2H3. The third kappa shape index (κ3) is 18.0. The number of pyridine rings is 1. The number of aromatic nitrogens is 1. The highest BCUT2D eigenvalue weighted by molar-refractivity contribution is 5.49. The van der Waals surface area contributed by atoms with Crippen molar-refractivity contribution >= 4 is 12.8 Å². The lowest BCUT2D eigenvalue weighted by Gasteiger charge is -2.01. The number of hydrogen-bond donors (Lipinski definition) is 1. The average Bonchev–Trinajstić information content (AvgIpc) is 2.51. The first-order valence-corrected chi connectivity index (χ1v) is 6.91. The Morgan fingerprint density at radius 3 is 2.19 bits per heavy atom. The Morgan fingerprint density at radius 1 is 1.38 bits per heavy atom. The van der Waals surface area contributed by atoms with Crippen molar-refractivity contribution in [2.24, 2.45) is 4.99 Å². The second-order valence-corrected chi connectivity index (χ2v) is 3.64. The van der Waals surface area contributed by atoms with Crippen LogP contribution >= 0.6 is 0 Å². The lowest BCUT2D eigenvalue weighted by Crippen LogP contribution is -2.07. The summed E-state index contributed by atoms with van der Waals surface area (Å²) in [5.74, 6) is 0. The molecule has 1 heterocycles. The van der Waals surface area contributed by atoms with Crippen LogP contribution in [-0.4, -0.2) is 25.8 Å². The van der Waals surface area contributed by atoms with Crippen LogP contribution in [0.4, 0.5) is 0 Å². The molecule has 0 atom stereocenters. The molecule has 0 spiro atoms. The molecule has 0 aliphatic carbocycles. The summed E-state index contributed by atoms with van der Waals surface area (Å²) in [6, 6.07) is 3.92. The van der Waals surface area contributed by atoms with E-state index in [0.29, 0.717) is 0 Å². The van der Waals surface area contributed by atoms with E-state index in [1.165, 1.54) is 0 Å². The molecule has 0 amide bonds. The van der Waals surface area contributed by atoms with Crippen LogP contribution in [0.2, 0.25) is 0 Å². The number of nitrogens with one attached hydrogen (secondary N) is 1. The van der Waals surface area contributed by atoms with E-state index in [1.807, 2.05) is 46.0 Å². The van der Waals surface area contributed by atoms with Crippen LogP contribution in [0.15, 0.2) is 54.7 Å². The van der Waals surface area contributed by atoms with Crippen molar-refractivity contribution in [2.75, 3.05) is 14.1 Å². The van der Waals surface area contributed by atoms with Gasteiger partial charge in [-0.1, -0.05) is 57.4 Å². The lowest BCUT2D eigenvalue weighted by atomic mass is 10.2. The summed E-state index contributed by atoms with van der Waals surface area (Å²) in [4.78, 5) is 7.46. The molecule has 0 radical (unpaired) electrons. The first-order valence-electron chi connectivity index (χ1n) is 6.91. The number of allylic oxidation sites excluding steroid dienone is 2. The van der Waals surface area contributed by atoms with Crippen molar-refractivity contribution < 1.29 is 0 Å². The minimum absolute atomic E-state index is 0.794. The number of rotatable bonds is 4. The van der Waals surface area contributed by atoms with Crippen LogP contribution in [0.25, 0.3) is 6.08 Å². The van der Waals surface area contributed by atoms with Gasteiger partial charge in [-0.3, -0.25) is 4.98 Å². The lowest BCUT2D eigenvalue weighted by molar-refractivity contribution is 0.789. The first-order chi connectivity index (χ1) is 10.1. The van der Waals surface area contributed by atoms with Crippen molar-refractivity contribution in [3.8, 4) is 0 Å². The Balaban J connectivity index is -0.000000272. The molecule has 0 bridgehead atoms. The molecule has 1 aromatic heterocycles. The van der Waals surface area contributed by atoms with Crippen molar-refractivity contribution in [1.29, 1.82) is 0 Å². The van der Waals surface area contributed by atoms with E-state index in [9.17, 15) is 0 Å². The zero-order chi connectivity index (χ0) is 17.1. The Morgan fingerprint density at radius 2 is 1.86 bits per heavy atom. The minimum Gasteiger partial charge on any atom is -0.314 e. The van der Waals surface area contributed by atoms with Gasteiger partial charge in [0, 0.05) is 19.8 Å². The smallest absolute Gasteiger partial charge is 0.0613 e. The first kappa shape index (κ1) is 24.0. The molecule has 118 valence electrons. The molecule has 0 saturated carbocycles. The molecule has 0 unspecified atom stereocenters. The van der Waals surface area contributed by atoms with Crippen molar-refractivity contribution in [2.45, 2.75) is 27.3 Å². The third-order valence-electron chi connectivity index (χ3n) is 1.84. The highest BCUT2D eigenvalue weighted by atomic mass is 14.8. The van der Waals surface area contributed by atoms with E-state index in [0.717, 1.165) is 23.4 Å². The zero-order valence-electron chi connectivity index (χ0n) is 14.3. The summed E-state index contributed by atoms with van der Waals surface area (Å²) < 4.78 is 0. The molecule has 0 aliphatic heterocycles. The fraction of sp³-hybridized carbons (Fsp3) is 0.333. The molecule has 3 heteroatoms. The SMILES string of the molecule is C=CC(=C)C.C=Cc1cccnc1CNC.C=NC.CC. The maximum Gasteiger partial charge on any atom is 0.0613 e. The molecule has 0 fully saturated rings. The van der Waals surface area contributed by atoms with E-state index < -0.39 is 0 Å². The number of hydrogen-bond acceptors (Lipinski definition) is 3. The molecular formula is C18H31N3. The predicted molar refractivity (Wildman–Crippen MR) is 98.9 cm³/mol. The van der Waals surface area contributed by atoms with Gasteiger partial charge in [0.05, 0.1) is 5.69 Å². The van der Waals surface area contributed by atoms with Crippen molar-refractivity contribution in [3.63, 3.8) is 0 Å². The topological polar surface area (TPSA) is 37.3 Å². The van der Waals surface area contributed by atoms with Gasteiger partial charge in [-0.15, -0.1) is 0 Å². The molecular weight excluding hydrogens is 258 g/mol. The monoisotopic (exact) mass is 289 g/mol. The zero-order valence-corrected chi connectivity index (χ0v) is 14.3. The van der Waals surface area contributed by atoms with Gasteiger partial charge in [-0.25, -0.2) is 0 Å². The Labute approximate surface area is 131 Å². The van der Waals surface area contributed by atoms with Gasteiger partial charge in [0.1, 0.15) is 0 Å². The van der Waals surface area contributed by atoms with Crippen LogP contribution in [-0.2, 0) is 6.54 Å². The third-order valence-corrected chi connectivity index (χ3v) is 1.84. The fourth-order valence-electron chi connectivity index (χ4n) is 0.951. The fourth-order valence-corrected chi connectivity index (χ4v) is 0.951. The molecule has 3 nitrogen and oxygen atoms in total. The minimum atomic E-state index is 0.794. The molecule has 1 aromatic rings. The molecule has 0 aromatic carbocycles. The predicted octanol–water partition coefficient (Wildman–Crippen LogP) is 4.54. The quantitative estimate of drug-likeness (QED) is 0.653. The number of nitrogens with zero attached hydrogens (tertiary/aromatic N) is 2. The van der Waals surface area contributed by atoms with Crippen LogP contribution in [0.3, 0.4) is 0 Å². The summed E-state index contributed by atoms with van der Waals surface area (Å²) in [5, 5.41) is 3.05. The molecule has 1 rings (SSSR count). The van der Waals surface area contributed by atoms with Crippen LogP contribution in [0.5, 0.6) is 0 Å². The second-order valence-electron chi connectivity index (χ2n) is 3.64. The van der Waals surface area contributed by atoms with Gasteiger partial charge >= 0.3 is 0 Å². The normalized spacial score (nSPS) is 7.48. The van der Waals surface area contributed by atoms with Gasteiger partial charge < -0.3 is 10.3 Å². The average molecular weight is 289 g/mol. The van der Waals surface area contributed by atoms with E-state index in [1.54, 1.807) is 19.3 Å². The van der Waals surface area contributed by atoms with Gasteiger partial charge in [-0.05, 0) is 32.3 Å². The Kier molecular flexibility index (Phi) is 23.3. The van der Waals surface area contributed by atoms with E-state index in [4.69, 9.17) is 0 Å². The van der Waals surface area contributed by atoms with Gasteiger partial charge in [0.2, 0.25) is 0 Å². The maximum atomic E-state index is 4.21. The summed E-state index contributed by atoms with van der Waals surface area (Å²) in [6.07, 6.45) is 5.33. The Hall–Kier alpha value is -2.00. The summed E-state index contributed by atoms with van der Waals surface area (Å²) in [7, 11) is 3.54. The maximum absolute atomic E-state index is 4.21. The van der Waals surface area contributed by atoms with Gasteiger partial charge in [-0.2, -0.15) is 0 Å². The molecule has 21 heavy (non-hydrogen) atoms. The van der Waals surface area contributed by atoms with E-state index >= 15 is 0 Å². The molecule has 0 aliphatic rings. The highest BCUT2D eigenvalue weighted by Crippen LogP contribution is 2.05.